The van der Waals surface area contributed by atoms with Gasteiger partial charge in [0, 0.05) is 12.0 Å². The van der Waals surface area contributed by atoms with Crippen molar-refractivity contribution in [3.8, 4) is 0 Å². The molecule has 1 rings (SSSR count). The van der Waals surface area contributed by atoms with E-state index in [1.54, 1.807) is 6.08 Å². The SMILES string of the molecule is CCC(C1=C/C=C\C/C=C\C1=O)C(C)CC(=O)OC. The minimum Gasteiger partial charge on any atom is -0.469 e. The minimum atomic E-state index is -0.226. The highest BCUT2D eigenvalue weighted by molar-refractivity contribution is 6.04. The molecule has 0 radical (unpaired) electrons. The number of ether oxygens (including phenoxy) is 1. The predicted molar refractivity (Wildman–Crippen MR) is 75.6 cm³/mol. The van der Waals surface area contributed by atoms with Crippen LogP contribution in [0.4, 0.5) is 0 Å². The summed E-state index contributed by atoms with van der Waals surface area (Å²) in [6, 6.07) is 0. The van der Waals surface area contributed by atoms with Crippen LogP contribution in [-0.4, -0.2) is 18.9 Å². The van der Waals surface area contributed by atoms with Crippen LogP contribution in [0.5, 0.6) is 0 Å². The summed E-state index contributed by atoms with van der Waals surface area (Å²) < 4.78 is 4.70. The zero-order valence-corrected chi connectivity index (χ0v) is 11.9. The van der Waals surface area contributed by atoms with E-state index in [9.17, 15) is 9.59 Å². The van der Waals surface area contributed by atoms with Crippen LogP contribution in [0.3, 0.4) is 0 Å². The van der Waals surface area contributed by atoms with Gasteiger partial charge in [0.1, 0.15) is 0 Å². The predicted octanol–water partition coefficient (Wildman–Crippen LogP) is 3.22. The number of hydrogen-bond donors (Lipinski definition) is 0. The van der Waals surface area contributed by atoms with Crippen molar-refractivity contribution in [2.75, 3.05) is 7.11 Å². The molecule has 0 aliphatic heterocycles. The van der Waals surface area contributed by atoms with E-state index in [0.717, 1.165) is 18.4 Å². The fraction of sp³-hybridized carbons (Fsp3) is 0.500. The molecule has 0 saturated heterocycles. The highest BCUT2D eigenvalue weighted by Crippen LogP contribution is 2.28. The van der Waals surface area contributed by atoms with Gasteiger partial charge in [0.2, 0.25) is 0 Å². The maximum absolute atomic E-state index is 12.1. The number of esters is 1. The average molecular weight is 262 g/mol. The van der Waals surface area contributed by atoms with Crippen LogP contribution in [0.1, 0.15) is 33.1 Å². The van der Waals surface area contributed by atoms with Gasteiger partial charge in [-0.2, -0.15) is 0 Å². The summed E-state index contributed by atoms with van der Waals surface area (Å²) in [4.78, 5) is 23.5. The van der Waals surface area contributed by atoms with Crippen LogP contribution in [0.15, 0.2) is 36.0 Å². The van der Waals surface area contributed by atoms with E-state index in [1.165, 1.54) is 7.11 Å². The molecule has 19 heavy (non-hydrogen) atoms. The fourth-order valence-electron chi connectivity index (χ4n) is 2.41. The molecule has 0 bridgehead atoms. The van der Waals surface area contributed by atoms with Crippen LogP contribution in [0.2, 0.25) is 0 Å². The first-order chi connectivity index (χ1) is 9.10. The Morgan fingerprint density at radius 1 is 1.42 bits per heavy atom. The lowest BCUT2D eigenvalue weighted by Gasteiger charge is -2.23. The Labute approximate surface area is 115 Å². The third-order valence-corrected chi connectivity index (χ3v) is 3.48. The van der Waals surface area contributed by atoms with Crippen molar-refractivity contribution in [1.29, 1.82) is 0 Å². The van der Waals surface area contributed by atoms with E-state index in [2.05, 4.69) is 0 Å². The van der Waals surface area contributed by atoms with Crippen molar-refractivity contribution in [3.05, 3.63) is 36.0 Å². The second-order valence-electron chi connectivity index (χ2n) is 4.82. The number of carbonyl (C=O) groups excluding carboxylic acids is 2. The van der Waals surface area contributed by atoms with E-state index in [-0.39, 0.29) is 23.6 Å². The molecule has 0 aromatic rings. The lowest BCUT2D eigenvalue weighted by molar-refractivity contribution is -0.142. The molecule has 0 aromatic carbocycles. The Morgan fingerprint density at radius 2 is 2.16 bits per heavy atom. The number of hydrogen-bond acceptors (Lipinski definition) is 3. The number of ketones is 1. The van der Waals surface area contributed by atoms with Crippen molar-refractivity contribution in [2.24, 2.45) is 11.8 Å². The Morgan fingerprint density at radius 3 is 2.79 bits per heavy atom. The molecule has 3 nitrogen and oxygen atoms in total. The van der Waals surface area contributed by atoms with Gasteiger partial charge in [0.05, 0.1) is 7.11 Å². The number of methoxy groups -OCH3 is 1. The van der Waals surface area contributed by atoms with Gasteiger partial charge >= 0.3 is 5.97 Å². The zero-order chi connectivity index (χ0) is 14.3. The average Bonchev–Trinajstić information content (AvgIpc) is 2.38. The van der Waals surface area contributed by atoms with Gasteiger partial charge in [-0.15, -0.1) is 0 Å². The Bertz CT molecular complexity index is 416. The first-order valence-electron chi connectivity index (χ1n) is 6.74. The number of rotatable bonds is 5. The van der Waals surface area contributed by atoms with Crippen LogP contribution in [0.25, 0.3) is 0 Å². The van der Waals surface area contributed by atoms with Gasteiger partial charge in [0.25, 0.3) is 0 Å². The zero-order valence-electron chi connectivity index (χ0n) is 11.9. The van der Waals surface area contributed by atoms with Gasteiger partial charge in [-0.1, -0.05) is 38.2 Å². The molecule has 3 heteroatoms. The van der Waals surface area contributed by atoms with E-state index in [0.29, 0.717) is 6.42 Å². The molecular formula is C16H22O3. The third-order valence-electron chi connectivity index (χ3n) is 3.48. The first-order valence-corrected chi connectivity index (χ1v) is 6.74. The molecular weight excluding hydrogens is 240 g/mol. The van der Waals surface area contributed by atoms with Gasteiger partial charge in [0.15, 0.2) is 5.78 Å². The molecule has 1 aliphatic rings. The van der Waals surface area contributed by atoms with Crippen molar-refractivity contribution >= 4 is 11.8 Å². The topological polar surface area (TPSA) is 43.4 Å². The summed E-state index contributed by atoms with van der Waals surface area (Å²) in [5.74, 6) is -0.00304. The quantitative estimate of drug-likeness (QED) is 0.714. The van der Waals surface area contributed by atoms with Crippen LogP contribution in [-0.2, 0) is 14.3 Å². The summed E-state index contributed by atoms with van der Waals surface area (Å²) in [5.41, 5.74) is 0.783. The minimum absolute atomic E-state index is 0.0490. The molecule has 1 aliphatic carbocycles. The smallest absolute Gasteiger partial charge is 0.305 e. The molecule has 2 atom stereocenters. The van der Waals surface area contributed by atoms with Crippen LogP contribution >= 0.6 is 0 Å². The molecule has 0 N–H and O–H groups in total. The highest BCUT2D eigenvalue weighted by atomic mass is 16.5. The van der Waals surface area contributed by atoms with Crippen molar-refractivity contribution in [3.63, 3.8) is 0 Å². The van der Waals surface area contributed by atoms with Crippen molar-refractivity contribution < 1.29 is 14.3 Å². The van der Waals surface area contributed by atoms with Crippen molar-refractivity contribution in [1.82, 2.24) is 0 Å². The highest BCUT2D eigenvalue weighted by Gasteiger charge is 2.25. The van der Waals surface area contributed by atoms with E-state index < -0.39 is 0 Å². The molecule has 104 valence electrons. The number of allylic oxidation sites excluding steroid dienone is 6. The van der Waals surface area contributed by atoms with Crippen LogP contribution in [0, 0.1) is 11.8 Å². The fourth-order valence-corrected chi connectivity index (χ4v) is 2.41. The molecule has 2 unspecified atom stereocenters. The molecule has 0 aromatic heterocycles. The van der Waals surface area contributed by atoms with E-state index in [1.807, 2.05) is 38.2 Å². The Hall–Kier alpha value is -1.64. The lowest BCUT2D eigenvalue weighted by atomic mass is 9.80. The monoisotopic (exact) mass is 262 g/mol. The standard InChI is InChI=1S/C16H22O3/c1-4-13(12(2)11-16(18)19-3)14-9-7-5-6-8-10-15(14)17/h5,7-10,12-13H,4,6,11H2,1-3H3/b7-5-,10-8-,14-9?. The Kier molecular flexibility index (Phi) is 6.26. The number of carbonyl (C=O) groups is 2. The van der Waals surface area contributed by atoms with Gasteiger partial charge < -0.3 is 4.74 Å². The van der Waals surface area contributed by atoms with Crippen molar-refractivity contribution in [2.45, 2.75) is 33.1 Å². The summed E-state index contributed by atoms with van der Waals surface area (Å²) in [7, 11) is 1.39. The third kappa shape index (κ3) is 4.51. The van der Waals surface area contributed by atoms with E-state index in [4.69, 9.17) is 4.74 Å². The molecule has 0 saturated carbocycles. The van der Waals surface area contributed by atoms with Gasteiger partial charge in [-0.3, -0.25) is 9.59 Å². The summed E-state index contributed by atoms with van der Waals surface area (Å²) in [6.07, 6.45) is 11.3. The second kappa shape index (κ2) is 7.72. The molecule has 0 fully saturated rings. The van der Waals surface area contributed by atoms with Gasteiger partial charge in [-0.05, 0) is 30.8 Å². The molecule has 0 heterocycles. The second-order valence-corrected chi connectivity index (χ2v) is 4.82. The Balaban J connectivity index is 2.90. The first kappa shape index (κ1) is 15.4. The molecule has 0 spiro atoms. The van der Waals surface area contributed by atoms with Gasteiger partial charge in [-0.25, -0.2) is 0 Å². The molecule has 0 amide bonds. The van der Waals surface area contributed by atoms with E-state index >= 15 is 0 Å². The maximum atomic E-state index is 12.1. The summed E-state index contributed by atoms with van der Waals surface area (Å²) in [5, 5.41) is 0. The largest absolute Gasteiger partial charge is 0.469 e. The van der Waals surface area contributed by atoms with Crippen LogP contribution < -0.4 is 0 Å². The summed E-state index contributed by atoms with van der Waals surface area (Å²) >= 11 is 0. The summed E-state index contributed by atoms with van der Waals surface area (Å²) in [6.45, 7) is 4.03. The maximum Gasteiger partial charge on any atom is 0.305 e. The lowest BCUT2D eigenvalue weighted by Crippen LogP contribution is -2.21. The normalized spacial score (nSPS) is 21.6.